The van der Waals surface area contributed by atoms with E-state index in [-0.39, 0.29) is 11.5 Å². The molecule has 2 aromatic heterocycles. The smallest absolute Gasteiger partial charge is 0.211 e. The summed E-state index contributed by atoms with van der Waals surface area (Å²) in [5.74, 6) is 0.975. The van der Waals surface area contributed by atoms with Crippen molar-refractivity contribution in [3.8, 4) is 0 Å². The van der Waals surface area contributed by atoms with Crippen LogP contribution in [0.5, 0.6) is 0 Å². The van der Waals surface area contributed by atoms with Crippen LogP contribution in [-0.4, -0.2) is 66.2 Å². The van der Waals surface area contributed by atoms with Crippen molar-refractivity contribution in [2.24, 2.45) is 5.41 Å². The van der Waals surface area contributed by atoms with Gasteiger partial charge in [0.15, 0.2) is 0 Å². The lowest BCUT2D eigenvalue weighted by atomic mass is 9.74. The Morgan fingerprint density at radius 3 is 2.69 bits per heavy atom. The van der Waals surface area contributed by atoms with Crippen LogP contribution in [0.4, 0.5) is 11.5 Å². The van der Waals surface area contributed by atoms with Gasteiger partial charge >= 0.3 is 0 Å². The van der Waals surface area contributed by atoms with E-state index in [0.29, 0.717) is 24.8 Å². The second-order valence-corrected chi connectivity index (χ2v) is 12.0. The van der Waals surface area contributed by atoms with E-state index >= 15 is 0 Å². The molecule has 0 N–H and O–H groups in total. The molecule has 0 aromatic carbocycles. The van der Waals surface area contributed by atoms with Crippen LogP contribution in [0.2, 0.25) is 5.15 Å². The fraction of sp³-hybridized carbons (Fsp3) is 0.500. The molecule has 1 spiro atoms. The van der Waals surface area contributed by atoms with Gasteiger partial charge in [0, 0.05) is 73.8 Å². The molecule has 3 aliphatic heterocycles. The summed E-state index contributed by atoms with van der Waals surface area (Å²) in [7, 11) is -3.10. The highest BCUT2D eigenvalue weighted by molar-refractivity contribution is 7.88. The Hall–Kier alpha value is -2.23. The normalized spacial score (nSPS) is 23.7. The second kappa shape index (κ2) is 6.88. The number of halogens is 1. The average Bonchev–Trinajstić information content (AvgIpc) is 3.12. The van der Waals surface area contributed by atoms with Crippen molar-refractivity contribution < 1.29 is 8.42 Å². The summed E-state index contributed by atoms with van der Waals surface area (Å²) >= 11 is 6.36. The molecule has 6 rings (SSSR count). The molecule has 8 nitrogen and oxygen atoms in total. The van der Waals surface area contributed by atoms with Gasteiger partial charge in [-0.3, -0.25) is 0 Å². The third-order valence-corrected chi connectivity index (χ3v) is 8.59. The summed E-state index contributed by atoms with van der Waals surface area (Å²) in [6, 6.07) is 2.24. The topological polar surface area (TPSA) is 82.5 Å². The van der Waals surface area contributed by atoms with Gasteiger partial charge in [-0.2, -0.15) is 0 Å². The molecule has 2 fully saturated rings. The number of aromatic nitrogens is 3. The third kappa shape index (κ3) is 3.13. The van der Waals surface area contributed by atoms with E-state index in [1.54, 1.807) is 10.6 Å². The lowest BCUT2D eigenvalue weighted by Gasteiger charge is -2.60. The van der Waals surface area contributed by atoms with Crippen molar-refractivity contribution in [3.63, 3.8) is 0 Å². The molecule has 1 aliphatic carbocycles. The van der Waals surface area contributed by atoms with E-state index in [1.165, 1.54) is 6.26 Å². The highest BCUT2D eigenvalue weighted by atomic mass is 35.5. The number of sulfonamides is 1. The molecule has 4 aliphatic rings. The van der Waals surface area contributed by atoms with Crippen LogP contribution in [-0.2, 0) is 29.4 Å². The molecule has 2 saturated heterocycles. The van der Waals surface area contributed by atoms with Crippen molar-refractivity contribution in [1.82, 2.24) is 19.3 Å². The molecule has 10 heteroatoms. The zero-order valence-corrected chi connectivity index (χ0v) is 19.7. The molecular formula is C22H25ClN6O2S. The van der Waals surface area contributed by atoms with Crippen LogP contribution in [0.15, 0.2) is 18.5 Å². The van der Waals surface area contributed by atoms with Gasteiger partial charge in [0.1, 0.15) is 17.3 Å². The lowest BCUT2D eigenvalue weighted by molar-refractivity contribution is 0.0393. The Balaban J connectivity index is 1.28. The Bertz CT molecular complexity index is 1250. The van der Waals surface area contributed by atoms with Gasteiger partial charge in [0.05, 0.1) is 17.6 Å². The molecule has 0 unspecified atom stereocenters. The molecule has 2 aromatic rings. The van der Waals surface area contributed by atoms with Gasteiger partial charge in [-0.25, -0.2) is 27.7 Å². The maximum absolute atomic E-state index is 11.8. The first-order chi connectivity index (χ1) is 15.2. The van der Waals surface area contributed by atoms with Crippen molar-refractivity contribution in [2.75, 3.05) is 42.2 Å². The minimum atomic E-state index is -3.10. The summed E-state index contributed by atoms with van der Waals surface area (Å²) in [6.45, 7) is 5.80. The number of anilines is 2. The fourth-order valence-corrected chi connectivity index (χ4v) is 6.78. The zero-order chi connectivity index (χ0) is 22.3. The standard InChI is InChI=1S/C22H25ClN6O2S/c1-14-6-18-16(8-29(14)19-7-20(23)26-17-5-3-4-15(17)19)21(25-13-24-18)27-9-22(10-27)11-28(12-22)32(2,30)31/h3-4,7,13-14H,5-6,8-12H2,1-2H3/t14-/m1/s1. The number of hydrogen-bond donors (Lipinski definition) is 0. The first kappa shape index (κ1) is 20.4. The van der Waals surface area contributed by atoms with Gasteiger partial charge in [-0.05, 0) is 13.0 Å². The summed E-state index contributed by atoms with van der Waals surface area (Å²) in [5, 5.41) is 0.523. The van der Waals surface area contributed by atoms with E-state index in [0.717, 1.165) is 60.0 Å². The highest BCUT2D eigenvalue weighted by Gasteiger charge is 2.55. The fourth-order valence-electron chi connectivity index (χ4n) is 5.56. The average molecular weight is 473 g/mol. The van der Waals surface area contributed by atoms with Crippen molar-refractivity contribution in [3.05, 3.63) is 46.1 Å². The maximum Gasteiger partial charge on any atom is 0.211 e. The van der Waals surface area contributed by atoms with Crippen molar-refractivity contribution in [1.29, 1.82) is 0 Å². The SMILES string of the molecule is C[C@@H]1Cc2ncnc(N3CC4(C3)CN(S(C)(=O)=O)C4)c2CN1c1cc(Cl)nc2c1C=CC2. The van der Waals surface area contributed by atoms with Crippen LogP contribution in [0.3, 0.4) is 0 Å². The third-order valence-electron chi connectivity index (χ3n) is 7.20. The number of fused-ring (bicyclic) bond motifs is 2. The van der Waals surface area contributed by atoms with Crippen molar-refractivity contribution >= 4 is 39.2 Å². The molecule has 168 valence electrons. The van der Waals surface area contributed by atoms with Gasteiger partial charge in [-0.15, -0.1) is 0 Å². The van der Waals surface area contributed by atoms with E-state index in [2.05, 4.69) is 43.8 Å². The predicted molar refractivity (Wildman–Crippen MR) is 124 cm³/mol. The van der Waals surface area contributed by atoms with Crippen LogP contribution >= 0.6 is 11.6 Å². The predicted octanol–water partition coefficient (Wildman–Crippen LogP) is 2.13. The van der Waals surface area contributed by atoms with Gasteiger partial charge in [0.2, 0.25) is 10.0 Å². The Labute approximate surface area is 193 Å². The monoisotopic (exact) mass is 472 g/mol. The quantitative estimate of drug-likeness (QED) is 0.633. The largest absolute Gasteiger partial charge is 0.363 e. The van der Waals surface area contributed by atoms with Crippen molar-refractivity contribution in [2.45, 2.75) is 32.4 Å². The number of hydrogen-bond acceptors (Lipinski definition) is 7. The first-order valence-corrected chi connectivity index (χ1v) is 13.1. The molecule has 0 radical (unpaired) electrons. The van der Waals surface area contributed by atoms with Gasteiger partial charge < -0.3 is 9.80 Å². The van der Waals surface area contributed by atoms with Gasteiger partial charge in [-0.1, -0.05) is 23.8 Å². The van der Waals surface area contributed by atoms with E-state index in [1.807, 2.05) is 6.07 Å². The zero-order valence-electron chi connectivity index (χ0n) is 18.1. The Morgan fingerprint density at radius 1 is 1.16 bits per heavy atom. The number of rotatable bonds is 3. The molecule has 0 saturated carbocycles. The lowest BCUT2D eigenvalue weighted by Crippen LogP contribution is -2.73. The van der Waals surface area contributed by atoms with E-state index in [9.17, 15) is 8.42 Å². The van der Waals surface area contributed by atoms with Crippen LogP contribution in [0, 0.1) is 5.41 Å². The number of nitrogens with zero attached hydrogens (tertiary/aromatic N) is 6. The molecule has 32 heavy (non-hydrogen) atoms. The van der Waals surface area contributed by atoms with Crippen LogP contribution < -0.4 is 9.80 Å². The number of pyridine rings is 1. The Morgan fingerprint density at radius 2 is 1.94 bits per heavy atom. The summed E-state index contributed by atoms with van der Waals surface area (Å²) in [5.41, 5.74) is 5.61. The minimum absolute atomic E-state index is 0.0623. The Kier molecular flexibility index (Phi) is 4.38. The second-order valence-electron chi connectivity index (χ2n) is 9.62. The molecular weight excluding hydrogens is 448 g/mol. The van der Waals surface area contributed by atoms with E-state index < -0.39 is 10.0 Å². The van der Waals surface area contributed by atoms with Crippen LogP contribution in [0.1, 0.15) is 29.4 Å². The summed E-state index contributed by atoms with van der Waals surface area (Å²) in [6.07, 6.45) is 8.87. The summed E-state index contributed by atoms with van der Waals surface area (Å²) in [4.78, 5) is 18.4. The summed E-state index contributed by atoms with van der Waals surface area (Å²) < 4.78 is 25.1. The number of allylic oxidation sites excluding steroid dienone is 1. The first-order valence-electron chi connectivity index (χ1n) is 10.9. The van der Waals surface area contributed by atoms with Gasteiger partial charge in [0.25, 0.3) is 0 Å². The van der Waals surface area contributed by atoms with Crippen LogP contribution in [0.25, 0.3) is 6.08 Å². The minimum Gasteiger partial charge on any atom is -0.363 e. The molecule has 0 bridgehead atoms. The molecule has 0 amide bonds. The van der Waals surface area contributed by atoms with E-state index in [4.69, 9.17) is 11.6 Å². The highest BCUT2D eigenvalue weighted by Crippen LogP contribution is 2.44. The molecule has 1 atom stereocenters. The maximum atomic E-state index is 11.8. The molecule has 5 heterocycles.